The molecule has 104 valence electrons. The van der Waals surface area contributed by atoms with Crippen LogP contribution in [0.25, 0.3) is 0 Å². The van der Waals surface area contributed by atoms with Crippen molar-refractivity contribution in [2.24, 2.45) is 5.73 Å². The predicted octanol–water partition coefficient (Wildman–Crippen LogP) is 3.47. The van der Waals surface area contributed by atoms with Crippen LogP contribution < -0.4 is 11.1 Å². The van der Waals surface area contributed by atoms with E-state index in [-0.39, 0.29) is 17.4 Å². The molecule has 0 spiro atoms. The monoisotopic (exact) mass is 284 g/mol. The van der Waals surface area contributed by atoms with Crippen molar-refractivity contribution >= 4 is 23.2 Å². The summed E-state index contributed by atoms with van der Waals surface area (Å²) in [4.78, 5) is 12.0. The van der Waals surface area contributed by atoms with E-state index in [1.807, 2.05) is 0 Å². The number of hydrogen-bond acceptors (Lipinski definition) is 2. The van der Waals surface area contributed by atoms with Gasteiger partial charge in [0.2, 0.25) is 5.91 Å². The molecule has 3 nitrogen and oxygen atoms in total. The van der Waals surface area contributed by atoms with Gasteiger partial charge >= 0.3 is 0 Å². The van der Waals surface area contributed by atoms with E-state index >= 15 is 0 Å². The Kier molecular flexibility index (Phi) is 4.42. The van der Waals surface area contributed by atoms with Crippen LogP contribution in [-0.2, 0) is 4.79 Å². The highest BCUT2D eigenvalue weighted by atomic mass is 35.5. The molecule has 1 aliphatic rings. The van der Waals surface area contributed by atoms with Crippen LogP contribution in [-0.4, -0.2) is 11.4 Å². The quantitative estimate of drug-likeness (QED) is 0.893. The third-order valence-electron chi connectivity index (χ3n) is 3.57. The summed E-state index contributed by atoms with van der Waals surface area (Å²) in [5, 5.41) is 2.89. The summed E-state index contributed by atoms with van der Waals surface area (Å²) in [5.41, 5.74) is 6.24. The molecule has 0 aliphatic heterocycles. The van der Waals surface area contributed by atoms with Crippen LogP contribution in [0.2, 0.25) is 5.02 Å². The molecule has 3 N–H and O–H groups in total. The van der Waals surface area contributed by atoms with Crippen molar-refractivity contribution in [2.45, 2.75) is 44.1 Å². The highest BCUT2D eigenvalue weighted by molar-refractivity contribution is 6.33. The molecular formula is C14H18ClFN2O. The van der Waals surface area contributed by atoms with E-state index in [0.717, 1.165) is 25.7 Å². The summed E-state index contributed by atoms with van der Waals surface area (Å²) in [6.45, 7) is 0. The lowest BCUT2D eigenvalue weighted by molar-refractivity contribution is -0.117. The Morgan fingerprint density at radius 1 is 1.37 bits per heavy atom. The van der Waals surface area contributed by atoms with Gasteiger partial charge in [-0.3, -0.25) is 4.79 Å². The Morgan fingerprint density at radius 3 is 2.68 bits per heavy atom. The second kappa shape index (κ2) is 5.88. The minimum atomic E-state index is -0.425. The number of rotatable bonds is 3. The number of anilines is 1. The smallest absolute Gasteiger partial charge is 0.226 e. The summed E-state index contributed by atoms with van der Waals surface area (Å²) < 4.78 is 12.9. The maximum Gasteiger partial charge on any atom is 0.226 e. The molecule has 0 bridgehead atoms. The second-order valence-corrected chi connectivity index (χ2v) is 5.68. The van der Waals surface area contributed by atoms with Crippen LogP contribution in [0.1, 0.15) is 38.5 Å². The molecule has 19 heavy (non-hydrogen) atoms. The number of benzene rings is 1. The Morgan fingerprint density at radius 2 is 2.05 bits per heavy atom. The first-order valence-corrected chi connectivity index (χ1v) is 6.90. The van der Waals surface area contributed by atoms with Crippen molar-refractivity contribution in [3.05, 3.63) is 29.0 Å². The molecule has 0 saturated heterocycles. The SMILES string of the molecule is NC1(CC(=O)Nc2ccc(F)cc2Cl)CCCCC1. The van der Waals surface area contributed by atoms with Gasteiger partial charge in [0.25, 0.3) is 0 Å². The summed E-state index contributed by atoms with van der Waals surface area (Å²) in [6.07, 6.45) is 5.35. The van der Waals surface area contributed by atoms with Gasteiger partial charge < -0.3 is 11.1 Å². The molecule has 1 saturated carbocycles. The fraction of sp³-hybridized carbons (Fsp3) is 0.500. The van der Waals surface area contributed by atoms with Crippen LogP contribution in [0.3, 0.4) is 0 Å². The Balaban J connectivity index is 1.97. The molecule has 1 aliphatic carbocycles. The van der Waals surface area contributed by atoms with Gasteiger partial charge in [-0.25, -0.2) is 4.39 Å². The largest absolute Gasteiger partial charge is 0.325 e. The lowest BCUT2D eigenvalue weighted by atomic mass is 9.80. The minimum Gasteiger partial charge on any atom is -0.325 e. The standard InChI is InChI=1S/C14H18ClFN2O/c15-11-8-10(16)4-5-12(11)18-13(19)9-14(17)6-2-1-3-7-14/h4-5,8H,1-3,6-7,9,17H2,(H,18,19). The second-order valence-electron chi connectivity index (χ2n) is 5.27. The van der Waals surface area contributed by atoms with Gasteiger partial charge in [0.1, 0.15) is 5.82 Å². The Labute approximate surface area is 117 Å². The van der Waals surface area contributed by atoms with Crippen molar-refractivity contribution in [1.82, 2.24) is 0 Å². The van der Waals surface area contributed by atoms with Crippen molar-refractivity contribution in [3.63, 3.8) is 0 Å². The van der Waals surface area contributed by atoms with Gasteiger partial charge in [-0.15, -0.1) is 0 Å². The summed E-state index contributed by atoms with van der Waals surface area (Å²) in [7, 11) is 0. The van der Waals surface area contributed by atoms with Gasteiger partial charge in [0.15, 0.2) is 0 Å². The predicted molar refractivity (Wildman–Crippen MR) is 74.7 cm³/mol. The number of carbonyl (C=O) groups excluding carboxylic acids is 1. The van der Waals surface area contributed by atoms with Crippen LogP contribution in [0.15, 0.2) is 18.2 Å². The lowest BCUT2D eigenvalue weighted by Crippen LogP contribution is -2.44. The third-order valence-corrected chi connectivity index (χ3v) is 3.88. The molecular weight excluding hydrogens is 267 g/mol. The van der Waals surface area contributed by atoms with Crippen molar-refractivity contribution < 1.29 is 9.18 Å². The first kappa shape index (κ1) is 14.3. The molecule has 1 amide bonds. The van der Waals surface area contributed by atoms with Crippen molar-refractivity contribution in [2.75, 3.05) is 5.32 Å². The average molecular weight is 285 g/mol. The molecule has 0 unspecified atom stereocenters. The zero-order chi connectivity index (χ0) is 13.9. The number of halogens is 2. The molecule has 5 heteroatoms. The number of amides is 1. The Hall–Kier alpha value is -1.13. The maximum absolute atomic E-state index is 12.9. The number of nitrogens with one attached hydrogen (secondary N) is 1. The number of carbonyl (C=O) groups is 1. The van der Waals surface area contributed by atoms with E-state index in [9.17, 15) is 9.18 Å². The molecule has 1 aromatic rings. The zero-order valence-corrected chi connectivity index (χ0v) is 11.5. The van der Waals surface area contributed by atoms with Gasteiger partial charge in [-0.05, 0) is 31.0 Å². The normalized spacial score (nSPS) is 18.1. The molecule has 1 aromatic carbocycles. The fourth-order valence-corrected chi connectivity index (χ4v) is 2.75. The first-order valence-electron chi connectivity index (χ1n) is 6.52. The van der Waals surface area contributed by atoms with E-state index in [4.69, 9.17) is 17.3 Å². The molecule has 2 rings (SSSR count). The van der Waals surface area contributed by atoms with Gasteiger partial charge in [-0.1, -0.05) is 30.9 Å². The number of hydrogen-bond donors (Lipinski definition) is 2. The highest BCUT2D eigenvalue weighted by Gasteiger charge is 2.30. The van der Waals surface area contributed by atoms with E-state index < -0.39 is 11.4 Å². The summed E-state index contributed by atoms with van der Waals surface area (Å²) in [5.74, 6) is -0.594. The number of nitrogens with two attached hydrogens (primary N) is 1. The van der Waals surface area contributed by atoms with Crippen LogP contribution >= 0.6 is 11.6 Å². The van der Waals surface area contributed by atoms with Crippen molar-refractivity contribution in [1.29, 1.82) is 0 Å². The van der Waals surface area contributed by atoms with E-state index in [1.165, 1.54) is 24.6 Å². The first-order chi connectivity index (χ1) is 8.98. The topological polar surface area (TPSA) is 55.1 Å². The third kappa shape index (κ3) is 3.91. The van der Waals surface area contributed by atoms with Crippen molar-refractivity contribution in [3.8, 4) is 0 Å². The average Bonchev–Trinajstić information content (AvgIpc) is 2.33. The lowest BCUT2D eigenvalue weighted by Gasteiger charge is -2.32. The zero-order valence-electron chi connectivity index (χ0n) is 10.7. The maximum atomic E-state index is 12.9. The fourth-order valence-electron chi connectivity index (χ4n) is 2.54. The minimum absolute atomic E-state index is 0.169. The molecule has 1 fully saturated rings. The van der Waals surface area contributed by atoms with Crippen LogP contribution in [0.5, 0.6) is 0 Å². The molecule has 0 aromatic heterocycles. The van der Waals surface area contributed by atoms with E-state index in [0.29, 0.717) is 5.69 Å². The van der Waals surface area contributed by atoms with Gasteiger partial charge in [-0.2, -0.15) is 0 Å². The highest BCUT2D eigenvalue weighted by Crippen LogP contribution is 2.29. The molecule has 0 radical (unpaired) electrons. The van der Waals surface area contributed by atoms with E-state index in [2.05, 4.69) is 5.32 Å². The summed E-state index contributed by atoms with van der Waals surface area (Å²) in [6, 6.07) is 3.90. The van der Waals surface area contributed by atoms with Gasteiger partial charge in [0.05, 0.1) is 10.7 Å². The van der Waals surface area contributed by atoms with E-state index in [1.54, 1.807) is 0 Å². The Bertz CT molecular complexity index is 473. The molecule has 0 heterocycles. The van der Waals surface area contributed by atoms with Gasteiger partial charge in [0, 0.05) is 12.0 Å². The van der Waals surface area contributed by atoms with Crippen LogP contribution in [0.4, 0.5) is 10.1 Å². The van der Waals surface area contributed by atoms with Crippen LogP contribution in [0, 0.1) is 5.82 Å². The summed E-state index contributed by atoms with van der Waals surface area (Å²) >= 11 is 5.87. The molecule has 0 atom stereocenters.